The van der Waals surface area contributed by atoms with Crippen molar-refractivity contribution in [2.24, 2.45) is 0 Å². The van der Waals surface area contributed by atoms with E-state index in [1.807, 2.05) is 42.5 Å². The number of allylic oxidation sites excluding steroid dienone is 2. The largest absolute Gasteiger partial charge is 0.340 e. The van der Waals surface area contributed by atoms with Gasteiger partial charge in [0, 0.05) is 28.7 Å². The lowest BCUT2D eigenvalue weighted by Crippen LogP contribution is -1.97. The molecule has 27 heavy (non-hydrogen) atoms. The van der Waals surface area contributed by atoms with E-state index in [0.29, 0.717) is 4.91 Å². The van der Waals surface area contributed by atoms with Crippen molar-refractivity contribution in [1.82, 2.24) is 9.55 Å². The molecular weight excluding hydrogens is 370 g/mol. The number of rotatable bonds is 5. The molecule has 3 nitrogen and oxygen atoms in total. The van der Waals surface area contributed by atoms with Gasteiger partial charge in [-0.1, -0.05) is 36.4 Å². The van der Waals surface area contributed by atoms with E-state index in [4.69, 9.17) is 0 Å². The third-order valence-electron chi connectivity index (χ3n) is 4.45. The topological polar surface area (TPSA) is 41.6 Å². The zero-order valence-corrected chi connectivity index (χ0v) is 16.5. The first kappa shape index (κ1) is 17.6. The fourth-order valence-corrected chi connectivity index (χ4v) is 5.17. The van der Waals surface area contributed by atoms with Gasteiger partial charge in [-0.15, -0.1) is 17.9 Å². The van der Waals surface area contributed by atoms with Crippen LogP contribution in [-0.4, -0.2) is 9.55 Å². The molecule has 0 saturated heterocycles. The minimum atomic E-state index is 0.638. The molecule has 0 aliphatic rings. The molecule has 4 rings (SSSR count). The summed E-state index contributed by atoms with van der Waals surface area (Å²) in [7, 11) is 0. The summed E-state index contributed by atoms with van der Waals surface area (Å²) in [6, 6.07) is 18.7. The van der Waals surface area contributed by atoms with Crippen LogP contribution in [0.15, 0.2) is 70.4 Å². The van der Waals surface area contributed by atoms with Crippen molar-refractivity contribution in [3.63, 3.8) is 0 Å². The Bertz CT molecular complexity index is 1190. The number of nitrogens with zero attached hydrogens (tertiary/aromatic N) is 3. The predicted octanol–water partition coefficient (Wildman–Crippen LogP) is 6.40. The highest BCUT2D eigenvalue weighted by Gasteiger charge is 2.13. The maximum atomic E-state index is 9.71. The first-order valence-electron chi connectivity index (χ1n) is 8.55. The summed E-state index contributed by atoms with van der Waals surface area (Å²) >= 11 is 3.04. The second kappa shape index (κ2) is 7.43. The van der Waals surface area contributed by atoms with Crippen molar-refractivity contribution in [2.75, 3.05) is 0 Å². The Balaban J connectivity index is 1.77. The second-order valence-corrected chi connectivity index (χ2v) is 8.41. The SMILES string of the molecule is C=CCn1c(C)c(C=C(C#N)Sc2nc3ccccc3s2)c2ccccc21. The van der Waals surface area contributed by atoms with Gasteiger partial charge in [0.1, 0.15) is 6.07 Å². The zero-order chi connectivity index (χ0) is 18.8. The van der Waals surface area contributed by atoms with Crippen LogP contribution in [0.4, 0.5) is 0 Å². The quantitative estimate of drug-likeness (QED) is 0.226. The van der Waals surface area contributed by atoms with Crippen LogP contribution in [0.2, 0.25) is 0 Å². The Hall–Kier alpha value is -2.81. The van der Waals surface area contributed by atoms with E-state index < -0.39 is 0 Å². The number of nitriles is 1. The molecule has 2 heterocycles. The molecule has 2 aromatic heterocycles. The maximum Gasteiger partial charge on any atom is 0.156 e. The van der Waals surface area contributed by atoms with Crippen molar-refractivity contribution in [3.8, 4) is 6.07 Å². The van der Waals surface area contributed by atoms with E-state index in [0.717, 1.165) is 43.3 Å². The van der Waals surface area contributed by atoms with Gasteiger partial charge in [-0.25, -0.2) is 4.98 Å². The number of hydrogen-bond donors (Lipinski definition) is 0. The molecule has 4 aromatic rings. The third-order valence-corrected chi connectivity index (χ3v) is 6.47. The molecule has 5 heteroatoms. The molecule has 0 saturated carbocycles. The summed E-state index contributed by atoms with van der Waals surface area (Å²) < 4.78 is 4.25. The highest BCUT2D eigenvalue weighted by Crippen LogP contribution is 2.36. The van der Waals surface area contributed by atoms with E-state index in [1.54, 1.807) is 11.3 Å². The average Bonchev–Trinajstić information content (AvgIpc) is 3.21. The monoisotopic (exact) mass is 387 g/mol. The summed E-state index contributed by atoms with van der Waals surface area (Å²) in [4.78, 5) is 5.27. The first-order valence-corrected chi connectivity index (χ1v) is 10.2. The van der Waals surface area contributed by atoms with Crippen LogP contribution >= 0.6 is 23.1 Å². The number of aromatic nitrogens is 2. The lowest BCUT2D eigenvalue weighted by molar-refractivity contribution is 0.828. The van der Waals surface area contributed by atoms with Gasteiger partial charge in [-0.05, 0) is 43.0 Å². The first-order chi connectivity index (χ1) is 13.2. The highest BCUT2D eigenvalue weighted by molar-refractivity contribution is 8.05. The predicted molar refractivity (Wildman–Crippen MR) is 116 cm³/mol. The molecule has 0 aliphatic carbocycles. The molecule has 0 amide bonds. The van der Waals surface area contributed by atoms with Crippen LogP contribution in [-0.2, 0) is 6.54 Å². The normalized spacial score (nSPS) is 11.8. The van der Waals surface area contributed by atoms with Crippen LogP contribution in [0, 0.1) is 18.3 Å². The molecule has 2 aromatic carbocycles. The number of para-hydroxylation sites is 2. The summed E-state index contributed by atoms with van der Waals surface area (Å²) in [5, 5.41) is 10.9. The van der Waals surface area contributed by atoms with Gasteiger partial charge in [0.15, 0.2) is 4.34 Å². The van der Waals surface area contributed by atoms with Crippen LogP contribution in [0.3, 0.4) is 0 Å². The molecule has 0 N–H and O–H groups in total. The summed E-state index contributed by atoms with van der Waals surface area (Å²) in [6.07, 6.45) is 3.88. The smallest absolute Gasteiger partial charge is 0.156 e. The van der Waals surface area contributed by atoms with E-state index >= 15 is 0 Å². The van der Waals surface area contributed by atoms with Crippen molar-refractivity contribution in [3.05, 3.63) is 77.3 Å². The van der Waals surface area contributed by atoms with E-state index in [1.165, 1.54) is 11.8 Å². The minimum absolute atomic E-state index is 0.638. The van der Waals surface area contributed by atoms with Crippen molar-refractivity contribution >= 4 is 50.3 Å². The Labute approximate surface area is 166 Å². The fourth-order valence-electron chi connectivity index (χ4n) is 3.21. The lowest BCUT2D eigenvalue weighted by Gasteiger charge is -2.04. The van der Waals surface area contributed by atoms with E-state index in [2.05, 4.69) is 47.3 Å². The molecule has 0 spiro atoms. The molecular formula is C22H17N3S2. The molecule has 0 radical (unpaired) electrons. The van der Waals surface area contributed by atoms with E-state index in [9.17, 15) is 5.26 Å². The number of hydrogen-bond acceptors (Lipinski definition) is 4. The van der Waals surface area contributed by atoms with Gasteiger partial charge < -0.3 is 4.57 Å². The Morgan fingerprint density at radius 3 is 2.81 bits per heavy atom. The van der Waals surface area contributed by atoms with Gasteiger partial charge in [-0.3, -0.25) is 0 Å². The Morgan fingerprint density at radius 1 is 1.26 bits per heavy atom. The zero-order valence-electron chi connectivity index (χ0n) is 14.8. The summed E-state index contributed by atoms with van der Waals surface area (Å²) in [5.41, 5.74) is 4.34. The summed E-state index contributed by atoms with van der Waals surface area (Å²) in [5.74, 6) is 0. The molecule has 0 aliphatic heterocycles. The Kier molecular flexibility index (Phi) is 4.85. The number of thiazole rings is 1. The number of fused-ring (bicyclic) bond motifs is 2. The van der Waals surface area contributed by atoms with Gasteiger partial charge in [0.2, 0.25) is 0 Å². The van der Waals surface area contributed by atoms with Gasteiger partial charge in [0.25, 0.3) is 0 Å². The van der Waals surface area contributed by atoms with Crippen LogP contribution in [0.25, 0.3) is 27.2 Å². The lowest BCUT2D eigenvalue weighted by atomic mass is 10.1. The van der Waals surface area contributed by atoms with Gasteiger partial charge in [-0.2, -0.15) is 5.26 Å². The average molecular weight is 388 g/mol. The standard InChI is InChI=1S/C22H17N3S2/c1-3-12-25-15(2)18(17-8-4-6-10-20(17)25)13-16(14-23)26-22-24-19-9-5-7-11-21(19)27-22/h3-11,13H,1,12H2,2H3. The molecule has 0 fully saturated rings. The highest BCUT2D eigenvalue weighted by atomic mass is 32.2. The number of benzene rings is 2. The second-order valence-electron chi connectivity index (χ2n) is 6.09. The third kappa shape index (κ3) is 3.30. The maximum absolute atomic E-state index is 9.71. The van der Waals surface area contributed by atoms with Crippen LogP contribution in [0.1, 0.15) is 11.3 Å². The minimum Gasteiger partial charge on any atom is -0.340 e. The molecule has 0 atom stereocenters. The van der Waals surface area contributed by atoms with Crippen LogP contribution < -0.4 is 0 Å². The van der Waals surface area contributed by atoms with Crippen molar-refractivity contribution in [2.45, 2.75) is 17.8 Å². The van der Waals surface area contributed by atoms with Crippen molar-refractivity contribution < 1.29 is 0 Å². The number of thioether (sulfide) groups is 1. The molecule has 132 valence electrons. The Morgan fingerprint density at radius 2 is 2.04 bits per heavy atom. The van der Waals surface area contributed by atoms with Gasteiger partial charge >= 0.3 is 0 Å². The summed E-state index contributed by atoms with van der Waals surface area (Å²) in [6.45, 7) is 6.70. The van der Waals surface area contributed by atoms with Crippen molar-refractivity contribution in [1.29, 1.82) is 5.26 Å². The van der Waals surface area contributed by atoms with E-state index in [-0.39, 0.29) is 0 Å². The van der Waals surface area contributed by atoms with Gasteiger partial charge in [0.05, 0.1) is 15.1 Å². The van der Waals surface area contributed by atoms with Crippen LogP contribution in [0.5, 0.6) is 0 Å². The fraction of sp³-hybridized carbons (Fsp3) is 0.0909. The molecule has 0 unspecified atom stereocenters. The molecule has 0 bridgehead atoms.